The SMILES string of the molecule is Cc1nc(N)nc(N[C@@H](C)c2cc3cccc(Cl)c3nc2N2CCN(C(=O)C3CC3)CC2)n1. The first-order chi connectivity index (χ1) is 15.9. The van der Waals surface area contributed by atoms with Crippen LogP contribution in [0.3, 0.4) is 0 Å². The van der Waals surface area contributed by atoms with Gasteiger partial charge in [-0.15, -0.1) is 0 Å². The van der Waals surface area contributed by atoms with Crippen molar-refractivity contribution in [1.82, 2.24) is 24.8 Å². The van der Waals surface area contributed by atoms with Crippen molar-refractivity contribution >= 4 is 46.1 Å². The van der Waals surface area contributed by atoms with Crippen molar-refractivity contribution in [3.63, 3.8) is 0 Å². The molecular weight excluding hydrogens is 440 g/mol. The molecule has 1 aromatic carbocycles. The molecule has 3 heterocycles. The first-order valence-corrected chi connectivity index (χ1v) is 11.6. The zero-order valence-corrected chi connectivity index (χ0v) is 19.5. The van der Waals surface area contributed by atoms with Crippen molar-refractivity contribution in [2.45, 2.75) is 32.7 Å². The Kier molecular flexibility index (Phi) is 5.65. The number of nitrogens with two attached hydrogens (primary N) is 1. The summed E-state index contributed by atoms with van der Waals surface area (Å²) in [5.74, 6) is 2.54. The Balaban J connectivity index is 1.46. The molecule has 33 heavy (non-hydrogen) atoms. The number of rotatable bonds is 5. The first-order valence-electron chi connectivity index (χ1n) is 11.3. The fraction of sp³-hybridized carbons (Fsp3) is 0.435. The number of aromatic nitrogens is 4. The van der Waals surface area contributed by atoms with Gasteiger partial charge in [-0.25, -0.2) is 4.98 Å². The molecule has 1 amide bonds. The number of hydrogen-bond donors (Lipinski definition) is 2. The van der Waals surface area contributed by atoms with Gasteiger partial charge in [0.2, 0.25) is 17.8 Å². The molecule has 5 rings (SSSR count). The molecule has 9 nitrogen and oxygen atoms in total. The summed E-state index contributed by atoms with van der Waals surface area (Å²) < 4.78 is 0. The minimum absolute atomic E-state index is 0.150. The van der Waals surface area contributed by atoms with Gasteiger partial charge >= 0.3 is 0 Å². The van der Waals surface area contributed by atoms with Crippen molar-refractivity contribution in [3.8, 4) is 0 Å². The second-order valence-electron chi connectivity index (χ2n) is 8.73. The van der Waals surface area contributed by atoms with Crippen LogP contribution >= 0.6 is 11.6 Å². The number of carbonyl (C=O) groups excluding carboxylic acids is 1. The molecule has 1 aliphatic carbocycles. The van der Waals surface area contributed by atoms with Gasteiger partial charge in [-0.3, -0.25) is 4.79 Å². The number of anilines is 3. The van der Waals surface area contributed by atoms with E-state index < -0.39 is 0 Å². The molecule has 2 fully saturated rings. The molecule has 1 saturated heterocycles. The molecule has 1 atom stereocenters. The van der Waals surface area contributed by atoms with Gasteiger partial charge < -0.3 is 20.9 Å². The molecule has 2 aliphatic rings. The van der Waals surface area contributed by atoms with Gasteiger partial charge in [0.1, 0.15) is 11.6 Å². The highest BCUT2D eigenvalue weighted by Crippen LogP contribution is 2.34. The summed E-state index contributed by atoms with van der Waals surface area (Å²) in [6, 6.07) is 7.74. The third-order valence-electron chi connectivity index (χ3n) is 6.20. The van der Waals surface area contributed by atoms with Crippen LogP contribution in [0.5, 0.6) is 0 Å². The fourth-order valence-electron chi connectivity index (χ4n) is 4.31. The minimum atomic E-state index is -0.150. The fourth-order valence-corrected chi connectivity index (χ4v) is 4.53. The van der Waals surface area contributed by atoms with Gasteiger partial charge in [0.25, 0.3) is 0 Å². The Labute approximate surface area is 197 Å². The largest absolute Gasteiger partial charge is 0.368 e. The van der Waals surface area contributed by atoms with Gasteiger partial charge in [-0.2, -0.15) is 15.0 Å². The Bertz CT molecular complexity index is 1190. The Hall–Kier alpha value is -3.20. The van der Waals surface area contributed by atoms with Gasteiger partial charge in [0, 0.05) is 43.0 Å². The molecule has 3 N–H and O–H groups in total. The lowest BCUT2D eigenvalue weighted by atomic mass is 10.0. The first kappa shape index (κ1) is 21.6. The maximum atomic E-state index is 12.5. The number of halogens is 1. The van der Waals surface area contributed by atoms with E-state index in [9.17, 15) is 4.79 Å². The second kappa shape index (κ2) is 8.62. The molecular formula is C23H27ClN8O. The lowest BCUT2D eigenvalue weighted by Crippen LogP contribution is -2.49. The zero-order valence-electron chi connectivity index (χ0n) is 18.8. The number of aryl methyl sites for hydroxylation is 1. The average Bonchev–Trinajstić information content (AvgIpc) is 3.63. The number of para-hydroxylation sites is 1. The molecule has 0 unspecified atom stereocenters. The van der Waals surface area contributed by atoms with Gasteiger partial charge in [0.15, 0.2) is 0 Å². The van der Waals surface area contributed by atoms with Crippen LogP contribution in [0.15, 0.2) is 24.3 Å². The Morgan fingerprint density at radius 3 is 2.61 bits per heavy atom. The molecule has 0 radical (unpaired) electrons. The van der Waals surface area contributed by atoms with Crippen LogP contribution in [0.2, 0.25) is 5.02 Å². The predicted octanol–water partition coefficient (Wildman–Crippen LogP) is 3.20. The highest BCUT2D eigenvalue weighted by atomic mass is 35.5. The number of carbonyl (C=O) groups is 1. The minimum Gasteiger partial charge on any atom is -0.368 e. The van der Waals surface area contributed by atoms with E-state index in [1.165, 1.54) is 0 Å². The lowest BCUT2D eigenvalue weighted by Gasteiger charge is -2.37. The second-order valence-corrected chi connectivity index (χ2v) is 9.14. The van der Waals surface area contributed by atoms with E-state index in [2.05, 4.69) is 31.2 Å². The van der Waals surface area contributed by atoms with Crippen molar-refractivity contribution in [3.05, 3.63) is 40.7 Å². The number of hydrogen-bond acceptors (Lipinski definition) is 8. The topological polar surface area (TPSA) is 113 Å². The van der Waals surface area contributed by atoms with Crippen molar-refractivity contribution < 1.29 is 4.79 Å². The normalized spacial score (nSPS) is 17.3. The molecule has 0 spiro atoms. The highest BCUT2D eigenvalue weighted by molar-refractivity contribution is 6.35. The summed E-state index contributed by atoms with van der Waals surface area (Å²) >= 11 is 6.48. The molecule has 0 bridgehead atoms. The van der Waals surface area contributed by atoms with E-state index in [0.29, 0.717) is 35.8 Å². The molecule has 1 aliphatic heterocycles. The number of amides is 1. The Morgan fingerprint density at radius 2 is 1.91 bits per heavy atom. The third-order valence-corrected chi connectivity index (χ3v) is 6.50. The summed E-state index contributed by atoms with van der Waals surface area (Å²) in [5, 5.41) is 4.92. The van der Waals surface area contributed by atoms with E-state index in [-0.39, 0.29) is 17.9 Å². The zero-order chi connectivity index (χ0) is 23.1. The van der Waals surface area contributed by atoms with Crippen LogP contribution in [-0.4, -0.2) is 56.9 Å². The maximum Gasteiger partial charge on any atom is 0.228 e. The van der Waals surface area contributed by atoms with E-state index in [1.807, 2.05) is 30.0 Å². The molecule has 172 valence electrons. The van der Waals surface area contributed by atoms with Crippen LogP contribution in [0.1, 0.15) is 37.2 Å². The molecule has 3 aromatic rings. The lowest BCUT2D eigenvalue weighted by molar-refractivity contribution is -0.132. The van der Waals surface area contributed by atoms with Crippen LogP contribution in [0.25, 0.3) is 10.9 Å². The van der Waals surface area contributed by atoms with Gasteiger partial charge in [-0.05, 0) is 38.8 Å². The number of nitrogens with one attached hydrogen (secondary N) is 1. The maximum absolute atomic E-state index is 12.5. The summed E-state index contributed by atoms with van der Waals surface area (Å²) in [4.78, 5) is 34.3. The Morgan fingerprint density at radius 1 is 1.15 bits per heavy atom. The van der Waals surface area contributed by atoms with Crippen molar-refractivity contribution in [2.24, 2.45) is 5.92 Å². The summed E-state index contributed by atoms with van der Waals surface area (Å²) in [7, 11) is 0. The van der Waals surface area contributed by atoms with Gasteiger partial charge in [0.05, 0.1) is 16.6 Å². The average molecular weight is 467 g/mol. The van der Waals surface area contributed by atoms with E-state index in [0.717, 1.165) is 48.2 Å². The number of nitrogen functional groups attached to an aromatic ring is 1. The number of nitrogens with zero attached hydrogens (tertiary/aromatic N) is 6. The van der Waals surface area contributed by atoms with E-state index in [1.54, 1.807) is 6.92 Å². The number of benzene rings is 1. The number of pyridine rings is 1. The number of piperazine rings is 1. The standard InChI is InChI=1S/C23H27ClN8O/c1-13(26-23-28-14(2)27-22(25)30-23)17-12-16-4-3-5-18(24)19(16)29-20(17)31-8-10-32(11-9-31)21(33)15-6-7-15/h3-5,12-13,15H,6-11H2,1-2H3,(H3,25,26,27,28,30)/t13-/m0/s1. The van der Waals surface area contributed by atoms with Crippen molar-refractivity contribution in [1.29, 1.82) is 0 Å². The monoisotopic (exact) mass is 466 g/mol. The third kappa shape index (κ3) is 4.50. The predicted molar refractivity (Wildman–Crippen MR) is 129 cm³/mol. The highest BCUT2D eigenvalue weighted by Gasteiger charge is 2.35. The molecule has 10 heteroatoms. The number of fused-ring (bicyclic) bond motifs is 1. The van der Waals surface area contributed by atoms with Crippen LogP contribution < -0.4 is 16.0 Å². The summed E-state index contributed by atoms with van der Waals surface area (Å²) in [6.07, 6.45) is 2.05. The summed E-state index contributed by atoms with van der Waals surface area (Å²) in [6.45, 7) is 6.66. The molecule has 2 aromatic heterocycles. The van der Waals surface area contributed by atoms with Crippen LogP contribution in [-0.2, 0) is 4.79 Å². The summed E-state index contributed by atoms with van der Waals surface area (Å²) in [5.41, 5.74) is 7.57. The molecule has 1 saturated carbocycles. The smallest absolute Gasteiger partial charge is 0.228 e. The van der Waals surface area contributed by atoms with Crippen molar-refractivity contribution in [2.75, 3.05) is 42.1 Å². The quantitative estimate of drug-likeness (QED) is 0.589. The van der Waals surface area contributed by atoms with E-state index in [4.69, 9.17) is 22.3 Å². The van der Waals surface area contributed by atoms with E-state index >= 15 is 0 Å². The van der Waals surface area contributed by atoms with Gasteiger partial charge in [-0.1, -0.05) is 23.7 Å². The van der Waals surface area contributed by atoms with Crippen LogP contribution in [0.4, 0.5) is 17.7 Å². The van der Waals surface area contributed by atoms with Crippen LogP contribution in [0, 0.1) is 12.8 Å².